The van der Waals surface area contributed by atoms with Gasteiger partial charge in [-0.1, -0.05) is 12.1 Å². The van der Waals surface area contributed by atoms with Crippen LogP contribution < -0.4 is 10.2 Å². The highest BCUT2D eigenvalue weighted by Gasteiger charge is 2.28. The quantitative estimate of drug-likeness (QED) is 0.621. The third kappa shape index (κ3) is 0.750. The van der Waals surface area contributed by atoms with Crippen LogP contribution in [0.5, 0.6) is 0 Å². The molecule has 0 aliphatic carbocycles. The summed E-state index contributed by atoms with van der Waals surface area (Å²) in [5.74, 6) is 0. The summed E-state index contributed by atoms with van der Waals surface area (Å²) in [4.78, 5) is 2.47. The van der Waals surface area contributed by atoms with Gasteiger partial charge in [-0.15, -0.1) is 0 Å². The maximum Gasteiger partial charge on any atom is 0.0602 e. The van der Waals surface area contributed by atoms with E-state index in [0.717, 1.165) is 0 Å². The molecule has 2 bridgehead atoms. The minimum Gasteiger partial charge on any atom is -0.379 e. The summed E-state index contributed by atoms with van der Waals surface area (Å²) in [5, 5.41) is 3.55. The van der Waals surface area contributed by atoms with Crippen molar-refractivity contribution in [3.05, 3.63) is 24.3 Å². The molecule has 2 nitrogen and oxygen atoms in total. The minimum absolute atomic E-state index is 0.694. The number of benzene rings is 1. The smallest absolute Gasteiger partial charge is 0.0602 e. The lowest BCUT2D eigenvalue weighted by molar-refractivity contribution is 0.796. The Morgan fingerprint density at radius 1 is 1.33 bits per heavy atom. The number of rotatable bonds is 0. The molecule has 0 radical (unpaired) electrons. The van der Waals surface area contributed by atoms with Crippen molar-refractivity contribution in [3.63, 3.8) is 0 Å². The molecule has 12 heavy (non-hydrogen) atoms. The molecule has 1 aromatic rings. The van der Waals surface area contributed by atoms with Gasteiger partial charge >= 0.3 is 0 Å². The third-order valence-electron chi connectivity index (χ3n) is 2.79. The van der Waals surface area contributed by atoms with Crippen molar-refractivity contribution in [1.82, 2.24) is 0 Å². The van der Waals surface area contributed by atoms with Crippen molar-refractivity contribution < 1.29 is 0 Å². The number of nitrogens with one attached hydrogen (secondary N) is 1. The maximum absolute atomic E-state index is 3.55. The van der Waals surface area contributed by atoms with Gasteiger partial charge in [-0.2, -0.15) is 0 Å². The predicted molar refractivity (Wildman–Crippen MR) is 50.7 cm³/mol. The molecule has 2 aliphatic rings. The molecule has 1 N–H and O–H groups in total. The van der Waals surface area contributed by atoms with Gasteiger partial charge in [0.2, 0.25) is 0 Å². The maximum atomic E-state index is 3.55. The molecule has 0 aromatic heterocycles. The Hall–Kier alpha value is -1.18. The van der Waals surface area contributed by atoms with Crippen molar-refractivity contribution in [2.24, 2.45) is 0 Å². The standard InChI is InChI=1S/C10H12N2/c1-2-4-10-9(3-1)11-8-5-6-12(10)7-8/h1-4,8,11H,5-7H2. The lowest BCUT2D eigenvalue weighted by Crippen LogP contribution is -2.31. The van der Waals surface area contributed by atoms with E-state index in [0.29, 0.717) is 6.04 Å². The number of nitrogens with zero attached hydrogens (tertiary/aromatic N) is 1. The Labute approximate surface area is 72.2 Å². The summed E-state index contributed by atoms with van der Waals surface area (Å²) in [6, 6.07) is 9.26. The Morgan fingerprint density at radius 3 is 3.25 bits per heavy atom. The van der Waals surface area contributed by atoms with Crippen molar-refractivity contribution in [2.45, 2.75) is 12.5 Å². The first-order chi connectivity index (χ1) is 5.93. The molecule has 1 unspecified atom stereocenters. The second-order valence-corrected chi connectivity index (χ2v) is 3.59. The van der Waals surface area contributed by atoms with Crippen LogP contribution in [0.4, 0.5) is 11.4 Å². The molecule has 0 amide bonds. The fourth-order valence-electron chi connectivity index (χ4n) is 2.19. The topological polar surface area (TPSA) is 15.3 Å². The molecule has 0 saturated carbocycles. The van der Waals surface area contributed by atoms with Gasteiger partial charge in [0.15, 0.2) is 0 Å². The van der Waals surface area contributed by atoms with Crippen LogP contribution in [0.25, 0.3) is 0 Å². The van der Waals surface area contributed by atoms with Crippen LogP contribution in [0.2, 0.25) is 0 Å². The molecule has 2 aliphatic heterocycles. The van der Waals surface area contributed by atoms with Crippen LogP contribution >= 0.6 is 0 Å². The molecule has 2 heterocycles. The largest absolute Gasteiger partial charge is 0.379 e. The van der Waals surface area contributed by atoms with E-state index in [-0.39, 0.29) is 0 Å². The highest BCUT2D eigenvalue weighted by atomic mass is 15.2. The van der Waals surface area contributed by atoms with Crippen LogP contribution in [-0.4, -0.2) is 19.1 Å². The lowest BCUT2D eigenvalue weighted by atomic mass is 10.2. The molecule has 1 fully saturated rings. The average Bonchev–Trinajstić information content (AvgIpc) is 2.49. The van der Waals surface area contributed by atoms with Gasteiger partial charge in [0.25, 0.3) is 0 Å². The summed E-state index contributed by atoms with van der Waals surface area (Å²) in [6.45, 7) is 2.41. The summed E-state index contributed by atoms with van der Waals surface area (Å²) in [7, 11) is 0. The summed E-state index contributed by atoms with van der Waals surface area (Å²) in [5.41, 5.74) is 2.69. The van der Waals surface area contributed by atoms with Gasteiger partial charge in [0.1, 0.15) is 0 Å². The van der Waals surface area contributed by atoms with E-state index in [1.807, 2.05) is 0 Å². The van der Waals surface area contributed by atoms with Crippen LogP contribution in [0.1, 0.15) is 6.42 Å². The van der Waals surface area contributed by atoms with Crippen molar-refractivity contribution in [2.75, 3.05) is 23.3 Å². The Bertz CT molecular complexity index is 308. The molecule has 1 aromatic carbocycles. The first-order valence-electron chi connectivity index (χ1n) is 4.54. The van der Waals surface area contributed by atoms with E-state index >= 15 is 0 Å². The third-order valence-corrected chi connectivity index (χ3v) is 2.79. The second kappa shape index (κ2) is 2.16. The van der Waals surface area contributed by atoms with Gasteiger partial charge in [-0.05, 0) is 18.6 Å². The summed E-state index contributed by atoms with van der Waals surface area (Å²) >= 11 is 0. The van der Waals surface area contributed by atoms with Crippen molar-refractivity contribution in [3.8, 4) is 0 Å². The molecule has 2 heteroatoms. The highest BCUT2D eigenvalue weighted by Crippen LogP contribution is 2.34. The second-order valence-electron chi connectivity index (χ2n) is 3.59. The highest BCUT2D eigenvalue weighted by molar-refractivity contribution is 5.73. The van der Waals surface area contributed by atoms with E-state index in [2.05, 4.69) is 34.5 Å². The van der Waals surface area contributed by atoms with Gasteiger partial charge < -0.3 is 10.2 Å². The van der Waals surface area contributed by atoms with Crippen LogP contribution in [0.15, 0.2) is 24.3 Å². The first-order valence-corrected chi connectivity index (χ1v) is 4.54. The number of anilines is 2. The van der Waals surface area contributed by atoms with Crippen molar-refractivity contribution >= 4 is 11.4 Å². The minimum atomic E-state index is 0.694. The van der Waals surface area contributed by atoms with Crippen LogP contribution in [-0.2, 0) is 0 Å². The SMILES string of the molecule is c1ccc2c(c1)NC1CCN2C1. The summed E-state index contributed by atoms with van der Waals surface area (Å²) < 4.78 is 0. The van der Waals surface area contributed by atoms with Gasteiger partial charge in [0.05, 0.1) is 11.4 Å². The van der Waals surface area contributed by atoms with E-state index in [1.54, 1.807) is 0 Å². The van der Waals surface area contributed by atoms with Crippen LogP contribution in [0.3, 0.4) is 0 Å². The molecule has 62 valence electrons. The molecule has 1 atom stereocenters. The summed E-state index contributed by atoms with van der Waals surface area (Å²) in [6.07, 6.45) is 1.29. The average molecular weight is 160 g/mol. The number of fused-ring (bicyclic) bond motifs is 4. The molecular formula is C10H12N2. The van der Waals surface area contributed by atoms with E-state index in [1.165, 1.54) is 30.9 Å². The fourth-order valence-corrected chi connectivity index (χ4v) is 2.19. The van der Waals surface area contributed by atoms with Gasteiger partial charge in [0, 0.05) is 19.1 Å². The van der Waals surface area contributed by atoms with E-state index in [9.17, 15) is 0 Å². The lowest BCUT2D eigenvalue weighted by Gasteiger charge is -2.28. The van der Waals surface area contributed by atoms with E-state index in [4.69, 9.17) is 0 Å². The van der Waals surface area contributed by atoms with Crippen molar-refractivity contribution in [1.29, 1.82) is 0 Å². The molecular weight excluding hydrogens is 148 g/mol. The normalized spacial score (nSPS) is 25.0. The zero-order valence-electron chi connectivity index (χ0n) is 6.96. The fraction of sp³-hybridized carbons (Fsp3) is 0.400. The Morgan fingerprint density at radius 2 is 2.25 bits per heavy atom. The monoisotopic (exact) mass is 160 g/mol. The zero-order valence-corrected chi connectivity index (χ0v) is 6.96. The zero-order chi connectivity index (χ0) is 7.97. The van der Waals surface area contributed by atoms with Gasteiger partial charge in [-0.3, -0.25) is 0 Å². The molecule has 0 spiro atoms. The predicted octanol–water partition coefficient (Wildman–Crippen LogP) is 1.69. The Kier molecular flexibility index (Phi) is 1.14. The van der Waals surface area contributed by atoms with Crippen LogP contribution in [0, 0.1) is 0 Å². The van der Waals surface area contributed by atoms with E-state index < -0.39 is 0 Å². The number of hydrogen-bond donors (Lipinski definition) is 1. The Balaban J connectivity index is 2.13. The number of para-hydroxylation sites is 2. The number of hydrogen-bond acceptors (Lipinski definition) is 2. The first kappa shape index (κ1) is 6.35. The van der Waals surface area contributed by atoms with Gasteiger partial charge in [-0.25, -0.2) is 0 Å². The molecule has 1 saturated heterocycles. The molecule has 3 rings (SSSR count).